The molecule has 31 heavy (non-hydrogen) atoms. The largest absolute Gasteiger partial charge is 0.497 e. The first-order valence-corrected chi connectivity index (χ1v) is 11.1. The number of nitrogens with zero attached hydrogens (tertiary/aromatic N) is 3. The molecule has 3 rings (SSSR count). The summed E-state index contributed by atoms with van der Waals surface area (Å²) >= 11 is 0. The average Bonchev–Trinajstić information content (AvgIpc) is 2.79. The summed E-state index contributed by atoms with van der Waals surface area (Å²) in [6.45, 7) is 9.24. The number of anilines is 1. The molecule has 0 aliphatic carbocycles. The van der Waals surface area contributed by atoms with Gasteiger partial charge in [-0.3, -0.25) is 9.69 Å². The number of amides is 1. The Morgan fingerprint density at radius 3 is 2.13 bits per heavy atom. The maximum absolute atomic E-state index is 12.7. The van der Waals surface area contributed by atoms with Crippen LogP contribution in [0.4, 0.5) is 5.69 Å². The third-order valence-corrected chi connectivity index (χ3v) is 6.12. The van der Waals surface area contributed by atoms with Gasteiger partial charge < -0.3 is 19.9 Å². The van der Waals surface area contributed by atoms with Crippen LogP contribution in [0.25, 0.3) is 0 Å². The monoisotopic (exact) mass is 424 g/mol. The first kappa shape index (κ1) is 23.1. The smallest absolute Gasteiger partial charge is 0.251 e. The highest BCUT2D eigenvalue weighted by Gasteiger charge is 2.20. The van der Waals surface area contributed by atoms with E-state index in [1.807, 2.05) is 50.5 Å². The number of likely N-dealkylation sites (N-methyl/N-ethyl adjacent to an activating group) is 1. The van der Waals surface area contributed by atoms with Crippen LogP contribution in [0.15, 0.2) is 48.5 Å². The van der Waals surface area contributed by atoms with E-state index in [1.165, 1.54) is 5.69 Å². The molecular weight excluding hydrogens is 388 g/mol. The van der Waals surface area contributed by atoms with Crippen LogP contribution >= 0.6 is 0 Å². The van der Waals surface area contributed by atoms with Crippen LogP contribution in [0.3, 0.4) is 0 Å². The van der Waals surface area contributed by atoms with Crippen LogP contribution < -0.4 is 15.0 Å². The molecule has 6 heteroatoms. The minimum Gasteiger partial charge on any atom is -0.497 e. The average molecular weight is 425 g/mol. The van der Waals surface area contributed by atoms with Crippen molar-refractivity contribution in [2.45, 2.75) is 25.9 Å². The molecule has 1 heterocycles. The number of benzene rings is 2. The summed E-state index contributed by atoms with van der Waals surface area (Å²) in [5.41, 5.74) is 3.02. The van der Waals surface area contributed by atoms with E-state index in [1.54, 1.807) is 7.11 Å². The Labute approximate surface area is 186 Å². The second kappa shape index (κ2) is 10.6. The van der Waals surface area contributed by atoms with Crippen molar-refractivity contribution in [2.75, 3.05) is 58.8 Å². The second-order valence-corrected chi connectivity index (χ2v) is 8.63. The highest BCUT2D eigenvalue weighted by molar-refractivity contribution is 5.94. The number of rotatable bonds is 8. The Balaban J connectivity index is 1.57. The molecule has 1 atom stereocenters. The van der Waals surface area contributed by atoms with Crippen molar-refractivity contribution in [1.82, 2.24) is 15.1 Å². The standard InChI is InChI=1S/C25H36N4O2/c1-19(2)28-14-16-29(17-15-28)22-10-6-21(7-11-22)25(30)26-18-24(27(3)4)20-8-12-23(31-5)13-9-20/h6-13,19,24H,14-18H2,1-5H3,(H,26,30). The fourth-order valence-corrected chi connectivity index (χ4v) is 4.04. The summed E-state index contributed by atoms with van der Waals surface area (Å²) in [6.07, 6.45) is 0. The van der Waals surface area contributed by atoms with Crippen molar-refractivity contribution in [3.05, 3.63) is 59.7 Å². The molecular formula is C25H36N4O2. The quantitative estimate of drug-likeness (QED) is 0.705. The van der Waals surface area contributed by atoms with Gasteiger partial charge in [-0.15, -0.1) is 0 Å². The second-order valence-electron chi connectivity index (χ2n) is 8.63. The SMILES string of the molecule is COc1ccc(C(CNC(=O)c2ccc(N3CCN(C(C)C)CC3)cc2)N(C)C)cc1. The van der Waals surface area contributed by atoms with Gasteiger partial charge in [0.1, 0.15) is 5.75 Å². The lowest BCUT2D eigenvalue weighted by molar-refractivity contribution is 0.0942. The molecule has 0 spiro atoms. The van der Waals surface area contributed by atoms with E-state index in [-0.39, 0.29) is 11.9 Å². The fourth-order valence-electron chi connectivity index (χ4n) is 4.04. The molecule has 2 aromatic rings. The fraction of sp³-hybridized carbons (Fsp3) is 0.480. The van der Waals surface area contributed by atoms with Crippen molar-refractivity contribution < 1.29 is 9.53 Å². The minimum absolute atomic E-state index is 0.0449. The van der Waals surface area contributed by atoms with Gasteiger partial charge in [0.2, 0.25) is 0 Å². The molecule has 1 amide bonds. The van der Waals surface area contributed by atoms with Crippen LogP contribution in [0.5, 0.6) is 5.75 Å². The van der Waals surface area contributed by atoms with E-state index in [0.717, 1.165) is 37.5 Å². The van der Waals surface area contributed by atoms with Crippen molar-refractivity contribution in [3.63, 3.8) is 0 Å². The molecule has 0 saturated carbocycles. The summed E-state index contributed by atoms with van der Waals surface area (Å²) < 4.78 is 5.25. The number of hydrogen-bond acceptors (Lipinski definition) is 5. The molecule has 0 bridgehead atoms. The zero-order chi connectivity index (χ0) is 22.4. The lowest BCUT2D eigenvalue weighted by Gasteiger charge is -2.38. The minimum atomic E-state index is -0.0449. The van der Waals surface area contributed by atoms with Gasteiger partial charge in [0.15, 0.2) is 0 Å². The number of piperazine rings is 1. The van der Waals surface area contributed by atoms with E-state index < -0.39 is 0 Å². The number of hydrogen-bond donors (Lipinski definition) is 1. The highest BCUT2D eigenvalue weighted by atomic mass is 16.5. The van der Waals surface area contributed by atoms with Crippen molar-refractivity contribution in [3.8, 4) is 5.75 Å². The zero-order valence-electron chi connectivity index (χ0n) is 19.5. The molecule has 1 unspecified atom stereocenters. The third kappa shape index (κ3) is 5.99. The highest BCUT2D eigenvalue weighted by Crippen LogP contribution is 2.21. The van der Waals surface area contributed by atoms with E-state index in [9.17, 15) is 4.79 Å². The van der Waals surface area contributed by atoms with Crippen LogP contribution in [0, 0.1) is 0 Å². The van der Waals surface area contributed by atoms with Crippen molar-refractivity contribution >= 4 is 11.6 Å². The lowest BCUT2D eigenvalue weighted by atomic mass is 10.1. The Kier molecular flexibility index (Phi) is 7.93. The van der Waals surface area contributed by atoms with Gasteiger partial charge in [-0.1, -0.05) is 12.1 Å². The number of ether oxygens (including phenoxy) is 1. The van der Waals surface area contributed by atoms with E-state index in [0.29, 0.717) is 18.2 Å². The van der Waals surface area contributed by atoms with Crippen LogP contribution in [0.1, 0.15) is 35.8 Å². The van der Waals surface area contributed by atoms with E-state index in [4.69, 9.17) is 4.74 Å². The summed E-state index contributed by atoms with van der Waals surface area (Å²) in [5.74, 6) is 0.785. The molecule has 1 saturated heterocycles. The van der Waals surface area contributed by atoms with Crippen molar-refractivity contribution in [1.29, 1.82) is 0 Å². The molecule has 0 aromatic heterocycles. The number of carbonyl (C=O) groups excluding carboxylic acids is 1. The third-order valence-electron chi connectivity index (χ3n) is 6.12. The predicted molar refractivity (Wildman–Crippen MR) is 127 cm³/mol. The molecule has 1 fully saturated rings. The topological polar surface area (TPSA) is 48.1 Å². The van der Waals surface area contributed by atoms with Gasteiger partial charge in [0, 0.05) is 50.0 Å². The molecule has 1 aliphatic rings. The summed E-state index contributed by atoms with van der Waals surface area (Å²) in [6, 6.07) is 16.7. The summed E-state index contributed by atoms with van der Waals surface area (Å²) in [5, 5.41) is 3.09. The Morgan fingerprint density at radius 1 is 1.00 bits per heavy atom. The predicted octanol–water partition coefficient (Wildman–Crippen LogP) is 3.26. The Bertz CT molecular complexity index is 826. The number of methoxy groups -OCH3 is 1. The maximum atomic E-state index is 12.7. The molecule has 168 valence electrons. The number of carbonyl (C=O) groups is 1. The molecule has 6 nitrogen and oxygen atoms in total. The molecule has 0 radical (unpaired) electrons. The van der Waals surface area contributed by atoms with E-state index >= 15 is 0 Å². The van der Waals surface area contributed by atoms with Gasteiger partial charge in [-0.25, -0.2) is 0 Å². The first-order valence-electron chi connectivity index (χ1n) is 11.1. The summed E-state index contributed by atoms with van der Waals surface area (Å²) in [7, 11) is 5.71. The van der Waals surface area contributed by atoms with Gasteiger partial charge in [0.05, 0.1) is 13.2 Å². The maximum Gasteiger partial charge on any atom is 0.251 e. The Morgan fingerprint density at radius 2 is 1.61 bits per heavy atom. The van der Waals surface area contributed by atoms with Gasteiger partial charge in [-0.2, -0.15) is 0 Å². The Hall–Kier alpha value is -2.57. The van der Waals surface area contributed by atoms with Crippen molar-refractivity contribution in [2.24, 2.45) is 0 Å². The van der Waals surface area contributed by atoms with Crippen LogP contribution in [-0.4, -0.2) is 75.7 Å². The van der Waals surface area contributed by atoms with Crippen LogP contribution in [0.2, 0.25) is 0 Å². The van der Waals surface area contributed by atoms with Gasteiger partial charge in [-0.05, 0) is 69.9 Å². The van der Waals surface area contributed by atoms with E-state index in [2.05, 4.69) is 46.0 Å². The van der Waals surface area contributed by atoms with Gasteiger partial charge in [0.25, 0.3) is 5.91 Å². The molecule has 1 aliphatic heterocycles. The summed E-state index contributed by atoms with van der Waals surface area (Å²) in [4.78, 5) is 19.7. The number of nitrogens with one attached hydrogen (secondary N) is 1. The normalized spacial score (nSPS) is 15.9. The first-order chi connectivity index (χ1) is 14.9. The van der Waals surface area contributed by atoms with Gasteiger partial charge >= 0.3 is 0 Å². The molecule has 2 aromatic carbocycles. The lowest BCUT2D eigenvalue weighted by Crippen LogP contribution is -2.48. The molecule has 1 N–H and O–H groups in total. The van der Waals surface area contributed by atoms with Crippen LogP contribution in [-0.2, 0) is 0 Å². The zero-order valence-corrected chi connectivity index (χ0v) is 19.5.